The van der Waals surface area contributed by atoms with Gasteiger partial charge in [-0.15, -0.1) is 0 Å². The van der Waals surface area contributed by atoms with Gasteiger partial charge in [-0.25, -0.2) is 4.98 Å². The number of pyridine rings is 1. The fourth-order valence-electron chi connectivity index (χ4n) is 1.55. The van der Waals surface area contributed by atoms with Gasteiger partial charge in [0, 0.05) is 25.8 Å². The highest BCUT2D eigenvalue weighted by molar-refractivity contribution is 5.40. The van der Waals surface area contributed by atoms with Crippen LogP contribution in [0, 0.1) is 0 Å². The van der Waals surface area contributed by atoms with Crippen LogP contribution in [-0.4, -0.2) is 25.1 Å². The van der Waals surface area contributed by atoms with Crippen LogP contribution in [0.4, 0.5) is 5.82 Å². The molecule has 0 spiro atoms. The second-order valence-electron chi connectivity index (χ2n) is 4.14. The molecule has 0 aliphatic carbocycles. The summed E-state index contributed by atoms with van der Waals surface area (Å²) in [6.45, 7) is 8.55. The van der Waals surface area contributed by atoms with Crippen LogP contribution < -0.4 is 10.2 Å². The zero-order chi connectivity index (χ0) is 12.0. The van der Waals surface area contributed by atoms with Crippen LogP contribution in [0.3, 0.4) is 0 Å². The quantitative estimate of drug-likeness (QED) is 0.800. The third-order valence-corrected chi connectivity index (χ3v) is 2.84. The first-order chi connectivity index (χ1) is 7.69. The second kappa shape index (κ2) is 6.48. The van der Waals surface area contributed by atoms with E-state index in [0.717, 1.165) is 25.3 Å². The Morgan fingerprint density at radius 3 is 2.81 bits per heavy atom. The van der Waals surface area contributed by atoms with Gasteiger partial charge >= 0.3 is 0 Å². The standard InChI is InChI=1S/C13H23N3/c1-5-8-14-11(3)12-7-9-15-13(10-12)16(4)6-2/h7,9-11,14H,5-6,8H2,1-4H3. The molecule has 16 heavy (non-hydrogen) atoms. The molecule has 0 radical (unpaired) electrons. The van der Waals surface area contributed by atoms with Crippen molar-refractivity contribution in [1.29, 1.82) is 0 Å². The maximum Gasteiger partial charge on any atom is 0.128 e. The van der Waals surface area contributed by atoms with E-state index in [9.17, 15) is 0 Å². The number of nitrogens with one attached hydrogen (secondary N) is 1. The summed E-state index contributed by atoms with van der Waals surface area (Å²) in [5.41, 5.74) is 1.30. The monoisotopic (exact) mass is 221 g/mol. The van der Waals surface area contributed by atoms with Gasteiger partial charge in [-0.3, -0.25) is 0 Å². The molecule has 0 saturated carbocycles. The highest BCUT2D eigenvalue weighted by Crippen LogP contribution is 2.17. The SMILES string of the molecule is CCCNC(C)c1ccnc(N(C)CC)c1. The Kier molecular flexibility index (Phi) is 5.26. The van der Waals surface area contributed by atoms with Gasteiger partial charge in [-0.1, -0.05) is 6.92 Å². The Balaban J connectivity index is 2.73. The van der Waals surface area contributed by atoms with Crippen molar-refractivity contribution < 1.29 is 0 Å². The summed E-state index contributed by atoms with van der Waals surface area (Å²) < 4.78 is 0. The molecule has 1 unspecified atom stereocenters. The van der Waals surface area contributed by atoms with Crippen LogP contribution in [0.25, 0.3) is 0 Å². The molecular formula is C13H23N3. The minimum absolute atomic E-state index is 0.395. The summed E-state index contributed by atoms with van der Waals surface area (Å²) in [6, 6.07) is 4.64. The van der Waals surface area contributed by atoms with Crippen LogP contribution in [0.2, 0.25) is 0 Å². The van der Waals surface area contributed by atoms with E-state index < -0.39 is 0 Å². The van der Waals surface area contributed by atoms with Gasteiger partial charge in [0.25, 0.3) is 0 Å². The third kappa shape index (κ3) is 3.49. The van der Waals surface area contributed by atoms with Crippen molar-refractivity contribution in [3.8, 4) is 0 Å². The van der Waals surface area contributed by atoms with Crippen molar-refractivity contribution >= 4 is 5.82 Å². The molecule has 0 bridgehead atoms. The van der Waals surface area contributed by atoms with Crippen molar-refractivity contribution in [2.24, 2.45) is 0 Å². The van der Waals surface area contributed by atoms with Crippen LogP contribution in [-0.2, 0) is 0 Å². The Morgan fingerprint density at radius 1 is 1.44 bits per heavy atom. The Labute approximate surface area is 98.9 Å². The van der Waals surface area contributed by atoms with Gasteiger partial charge < -0.3 is 10.2 Å². The summed E-state index contributed by atoms with van der Waals surface area (Å²) in [5.74, 6) is 1.05. The lowest BCUT2D eigenvalue weighted by Gasteiger charge is -2.19. The fraction of sp³-hybridized carbons (Fsp3) is 0.615. The first-order valence-electron chi connectivity index (χ1n) is 6.09. The smallest absolute Gasteiger partial charge is 0.128 e. The maximum atomic E-state index is 4.37. The second-order valence-corrected chi connectivity index (χ2v) is 4.14. The van der Waals surface area contributed by atoms with Crippen molar-refractivity contribution in [3.05, 3.63) is 23.9 Å². The summed E-state index contributed by atoms with van der Waals surface area (Å²) in [7, 11) is 2.07. The van der Waals surface area contributed by atoms with E-state index in [0.29, 0.717) is 6.04 Å². The molecule has 1 rings (SSSR count). The van der Waals surface area contributed by atoms with Crippen LogP contribution in [0.15, 0.2) is 18.3 Å². The predicted molar refractivity (Wildman–Crippen MR) is 69.9 cm³/mol. The van der Waals surface area contributed by atoms with E-state index in [1.807, 2.05) is 6.20 Å². The van der Waals surface area contributed by atoms with Crippen molar-refractivity contribution in [3.63, 3.8) is 0 Å². The van der Waals surface area contributed by atoms with Gasteiger partial charge in [-0.05, 0) is 44.5 Å². The van der Waals surface area contributed by atoms with Crippen LogP contribution in [0.1, 0.15) is 38.8 Å². The normalized spacial score (nSPS) is 12.5. The molecule has 1 atom stereocenters. The molecule has 0 aliphatic rings. The maximum absolute atomic E-state index is 4.37. The third-order valence-electron chi connectivity index (χ3n) is 2.84. The zero-order valence-corrected chi connectivity index (χ0v) is 10.8. The number of hydrogen-bond acceptors (Lipinski definition) is 3. The average Bonchev–Trinajstić information content (AvgIpc) is 2.35. The number of nitrogens with zero attached hydrogens (tertiary/aromatic N) is 2. The molecule has 1 heterocycles. The fourth-order valence-corrected chi connectivity index (χ4v) is 1.55. The average molecular weight is 221 g/mol. The molecule has 0 saturated heterocycles. The van der Waals surface area contributed by atoms with E-state index in [-0.39, 0.29) is 0 Å². The van der Waals surface area contributed by atoms with Crippen molar-refractivity contribution in [2.45, 2.75) is 33.2 Å². The molecule has 3 heteroatoms. The largest absolute Gasteiger partial charge is 0.360 e. The van der Waals surface area contributed by atoms with Gasteiger partial charge in [0.15, 0.2) is 0 Å². The summed E-state index contributed by atoms with van der Waals surface area (Å²) in [4.78, 5) is 6.52. The molecule has 3 nitrogen and oxygen atoms in total. The summed E-state index contributed by atoms with van der Waals surface area (Å²) >= 11 is 0. The molecule has 1 N–H and O–H groups in total. The van der Waals surface area contributed by atoms with Crippen LogP contribution in [0.5, 0.6) is 0 Å². The minimum atomic E-state index is 0.395. The van der Waals surface area contributed by atoms with E-state index in [4.69, 9.17) is 0 Å². The number of aromatic nitrogens is 1. The highest BCUT2D eigenvalue weighted by Gasteiger charge is 2.06. The van der Waals surface area contributed by atoms with Crippen molar-refractivity contribution in [1.82, 2.24) is 10.3 Å². The van der Waals surface area contributed by atoms with Gasteiger partial charge in [0.1, 0.15) is 5.82 Å². The number of anilines is 1. The Bertz CT molecular complexity index is 312. The van der Waals surface area contributed by atoms with Crippen LogP contribution >= 0.6 is 0 Å². The highest BCUT2D eigenvalue weighted by atomic mass is 15.1. The molecule has 1 aromatic rings. The van der Waals surface area contributed by atoms with E-state index in [1.54, 1.807) is 0 Å². The Hall–Kier alpha value is -1.09. The first kappa shape index (κ1) is 13.0. The molecule has 0 fully saturated rings. The Morgan fingerprint density at radius 2 is 2.19 bits per heavy atom. The number of rotatable bonds is 6. The molecular weight excluding hydrogens is 198 g/mol. The predicted octanol–water partition coefficient (Wildman–Crippen LogP) is 2.60. The van der Waals surface area contributed by atoms with Gasteiger partial charge in [-0.2, -0.15) is 0 Å². The van der Waals surface area contributed by atoms with E-state index in [2.05, 4.69) is 55.2 Å². The lowest BCUT2D eigenvalue weighted by molar-refractivity contribution is 0.570. The lowest BCUT2D eigenvalue weighted by Crippen LogP contribution is -2.21. The van der Waals surface area contributed by atoms with Gasteiger partial charge in [0.05, 0.1) is 0 Å². The van der Waals surface area contributed by atoms with Gasteiger partial charge in [0.2, 0.25) is 0 Å². The molecule has 90 valence electrons. The molecule has 0 aromatic carbocycles. The lowest BCUT2D eigenvalue weighted by atomic mass is 10.1. The first-order valence-corrected chi connectivity index (χ1v) is 6.09. The number of hydrogen-bond donors (Lipinski definition) is 1. The van der Waals surface area contributed by atoms with Crippen molar-refractivity contribution in [2.75, 3.05) is 25.0 Å². The summed E-state index contributed by atoms with van der Waals surface area (Å²) in [6.07, 6.45) is 3.05. The molecule has 1 aromatic heterocycles. The van der Waals surface area contributed by atoms with E-state index >= 15 is 0 Å². The minimum Gasteiger partial charge on any atom is -0.360 e. The molecule has 0 amide bonds. The zero-order valence-electron chi connectivity index (χ0n) is 10.8. The van der Waals surface area contributed by atoms with E-state index in [1.165, 1.54) is 5.56 Å². The summed E-state index contributed by atoms with van der Waals surface area (Å²) in [5, 5.41) is 3.49. The molecule has 0 aliphatic heterocycles. The topological polar surface area (TPSA) is 28.2 Å².